The van der Waals surface area contributed by atoms with Crippen molar-refractivity contribution in [3.8, 4) is 0 Å². The van der Waals surface area contributed by atoms with Crippen molar-refractivity contribution in [2.24, 2.45) is 21.3 Å². The van der Waals surface area contributed by atoms with Crippen molar-refractivity contribution in [3.05, 3.63) is 52.5 Å². The van der Waals surface area contributed by atoms with Gasteiger partial charge in [0.05, 0.1) is 30.5 Å². The maximum absolute atomic E-state index is 5.54. The number of hydrogen-bond acceptors (Lipinski definition) is 6. The Morgan fingerprint density at radius 3 is 2.83 bits per heavy atom. The Balaban J connectivity index is 1.67. The summed E-state index contributed by atoms with van der Waals surface area (Å²) in [5, 5.41) is 9.39. The highest BCUT2D eigenvalue weighted by Gasteiger charge is 2.41. The van der Waals surface area contributed by atoms with Crippen molar-refractivity contribution in [2.45, 2.75) is 20.8 Å². The average Bonchev–Trinajstić information content (AvgIpc) is 3.19. The summed E-state index contributed by atoms with van der Waals surface area (Å²) >= 11 is 0. The van der Waals surface area contributed by atoms with Gasteiger partial charge in [0.25, 0.3) is 0 Å². The number of hydrogen-bond donors (Lipinski definition) is 1. The van der Waals surface area contributed by atoms with Gasteiger partial charge >= 0.3 is 0 Å². The first-order valence-corrected chi connectivity index (χ1v) is 10.6. The predicted molar refractivity (Wildman–Crippen MR) is 119 cm³/mol. The summed E-state index contributed by atoms with van der Waals surface area (Å²) in [6.07, 6.45) is 10.3. The zero-order valence-corrected chi connectivity index (χ0v) is 17.9. The molecule has 1 aromatic rings. The minimum atomic E-state index is -0.383. The van der Waals surface area contributed by atoms with Gasteiger partial charge in [-0.3, -0.25) is 15.0 Å². The van der Waals surface area contributed by atoms with Crippen LogP contribution >= 0.6 is 0 Å². The number of nitrogens with zero attached hydrogens (tertiary/aromatic N) is 5. The molecule has 30 heavy (non-hydrogen) atoms. The predicted octanol–water partition coefficient (Wildman–Crippen LogP) is 1.39. The van der Waals surface area contributed by atoms with Gasteiger partial charge in [0.1, 0.15) is 6.67 Å². The van der Waals surface area contributed by atoms with E-state index in [1.807, 2.05) is 12.4 Å². The number of rotatable bonds is 2. The van der Waals surface area contributed by atoms with Crippen LogP contribution in [0.15, 0.2) is 51.9 Å². The van der Waals surface area contributed by atoms with Gasteiger partial charge < -0.3 is 9.64 Å². The second-order valence-corrected chi connectivity index (χ2v) is 8.63. The van der Waals surface area contributed by atoms with E-state index in [1.165, 1.54) is 5.57 Å². The topological polar surface area (TPSA) is 69.1 Å². The van der Waals surface area contributed by atoms with Gasteiger partial charge in [-0.1, -0.05) is 26.5 Å². The zero-order chi connectivity index (χ0) is 20.9. The van der Waals surface area contributed by atoms with Gasteiger partial charge in [-0.15, -0.1) is 0 Å². The fourth-order valence-corrected chi connectivity index (χ4v) is 4.67. The summed E-state index contributed by atoms with van der Waals surface area (Å²) < 4.78 is 5.54. The van der Waals surface area contributed by atoms with Gasteiger partial charge in [-0.05, 0) is 30.6 Å². The van der Waals surface area contributed by atoms with Crippen LogP contribution in [0.1, 0.15) is 20.8 Å². The Morgan fingerprint density at radius 2 is 2.07 bits per heavy atom. The first-order chi connectivity index (χ1) is 14.5. The summed E-state index contributed by atoms with van der Waals surface area (Å²) in [6, 6.07) is 0. The van der Waals surface area contributed by atoms with Crippen molar-refractivity contribution in [1.82, 2.24) is 20.0 Å². The quantitative estimate of drug-likeness (QED) is 0.809. The number of aliphatic imine (C=N–C) groups is 2. The average molecular weight is 405 g/mol. The molecule has 1 saturated heterocycles. The minimum Gasteiger partial charge on any atom is -0.378 e. The summed E-state index contributed by atoms with van der Waals surface area (Å²) in [5.41, 5.74) is 4.14. The van der Waals surface area contributed by atoms with Crippen LogP contribution in [0.3, 0.4) is 0 Å². The molecule has 0 amide bonds. The minimum absolute atomic E-state index is 0.303. The molecule has 5 rings (SSSR count). The van der Waals surface area contributed by atoms with Crippen molar-refractivity contribution in [2.75, 3.05) is 33.0 Å². The normalized spacial score (nSPS) is 26.1. The first-order valence-electron chi connectivity index (χ1n) is 10.6. The SMILES string of the molecule is C=C1C=c2[nH]ncc2=C[C@]1(C)C1=C2C=CN=C(N3CCOCC3)N2CN=C1C(C)C. The van der Waals surface area contributed by atoms with Crippen LogP contribution in [-0.4, -0.2) is 64.6 Å². The highest BCUT2D eigenvalue weighted by molar-refractivity contribution is 6.07. The second-order valence-electron chi connectivity index (χ2n) is 8.63. The van der Waals surface area contributed by atoms with Gasteiger partial charge in [-0.2, -0.15) is 5.10 Å². The monoisotopic (exact) mass is 404 g/mol. The molecule has 4 heterocycles. The summed E-state index contributed by atoms with van der Waals surface area (Å²) in [7, 11) is 0. The maximum atomic E-state index is 5.54. The van der Waals surface area contributed by atoms with Gasteiger partial charge in [0.2, 0.25) is 5.96 Å². The van der Waals surface area contributed by atoms with Crippen LogP contribution in [0.5, 0.6) is 0 Å². The third-order valence-electron chi connectivity index (χ3n) is 6.34. The largest absolute Gasteiger partial charge is 0.378 e. The molecule has 1 N–H and O–H groups in total. The van der Waals surface area contributed by atoms with Crippen LogP contribution < -0.4 is 10.6 Å². The molecule has 1 aliphatic carbocycles. The Kier molecular flexibility index (Phi) is 4.50. The highest BCUT2D eigenvalue weighted by atomic mass is 16.5. The molecule has 3 aliphatic heterocycles. The molecule has 0 bridgehead atoms. The van der Waals surface area contributed by atoms with E-state index in [-0.39, 0.29) is 5.41 Å². The summed E-state index contributed by atoms with van der Waals surface area (Å²) in [5.74, 6) is 1.26. The Bertz CT molecular complexity index is 1130. The molecule has 156 valence electrons. The Hall–Kier alpha value is -2.93. The van der Waals surface area contributed by atoms with E-state index in [0.29, 0.717) is 12.6 Å². The number of morpholine rings is 1. The number of aromatic nitrogens is 2. The van der Waals surface area contributed by atoms with Crippen LogP contribution in [0.2, 0.25) is 0 Å². The number of aromatic amines is 1. The number of fused-ring (bicyclic) bond motifs is 2. The lowest BCUT2D eigenvalue weighted by atomic mass is 9.69. The van der Waals surface area contributed by atoms with Gasteiger partial charge in [-0.25, -0.2) is 4.99 Å². The Morgan fingerprint density at radius 1 is 1.27 bits per heavy atom. The lowest BCUT2D eigenvalue weighted by molar-refractivity contribution is 0.0633. The van der Waals surface area contributed by atoms with Crippen LogP contribution in [0, 0.1) is 11.3 Å². The number of nitrogens with one attached hydrogen (secondary N) is 1. The molecule has 4 aliphatic rings. The third kappa shape index (κ3) is 2.88. The van der Waals surface area contributed by atoms with Crippen molar-refractivity contribution in [1.29, 1.82) is 0 Å². The van der Waals surface area contributed by atoms with Gasteiger partial charge in [0.15, 0.2) is 0 Å². The number of ether oxygens (including phenoxy) is 1. The second kappa shape index (κ2) is 7.09. The molecule has 0 aromatic carbocycles. The van der Waals surface area contributed by atoms with Gasteiger partial charge in [0, 0.05) is 41.2 Å². The molecule has 1 fully saturated rings. The third-order valence-corrected chi connectivity index (χ3v) is 6.34. The van der Waals surface area contributed by atoms with E-state index in [0.717, 1.165) is 59.8 Å². The molecule has 0 spiro atoms. The fourth-order valence-electron chi connectivity index (χ4n) is 4.67. The van der Waals surface area contributed by atoms with E-state index in [4.69, 9.17) is 14.7 Å². The maximum Gasteiger partial charge on any atom is 0.207 e. The van der Waals surface area contributed by atoms with E-state index in [1.54, 1.807) is 0 Å². The molecule has 0 unspecified atom stereocenters. The standard InChI is InChI=1S/C23H28N6O/c1-15(2)21-20(23(4)12-17-13-26-27-18(17)11-16(23)3)19-5-6-24-22(29(19)14-25-21)28-7-9-30-10-8-28/h5-6,11-13,15,27H,3,7-10,14H2,1-2,4H3/t23-/m0/s1. The molecular formula is C23H28N6O. The summed E-state index contributed by atoms with van der Waals surface area (Å²) in [6.45, 7) is 14.8. The highest BCUT2D eigenvalue weighted by Crippen LogP contribution is 2.44. The summed E-state index contributed by atoms with van der Waals surface area (Å²) in [4.78, 5) is 14.3. The zero-order valence-electron chi connectivity index (χ0n) is 17.9. The van der Waals surface area contributed by atoms with Crippen LogP contribution in [0.4, 0.5) is 0 Å². The van der Waals surface area contributed by atoms with Crippen LogP contribution in [0.25, 0.3) is 12.2 Å². The molecule has 1 atom stereocenters. The molecule has 1 aromatic heterocycles. The van der Waals surface area contributed by atoms with Crippen molar-refractivity contribution < 1.29 is 4.74 Å². The molecule has 7 heteroatoms. The smallest absolute Gasteiger partial charge is 0.207 e. The number of H-pyrrole nitrogens is 1. The Labute approximate surface area is 176 Å². The van der Waals surface area contributed by atoms with Crippen molar-refractivity contribution >= 4 is 23.8 Å². The lowest BCUT2D eigenvalue weighted by Gasteiger charge is -2.44. The van der Waals surface area contributed by atoms with E-state index < -0.39 is 0 Å². The van der Waals surface area contributed by atoms with Crippen LogP contribution in [-0.2, 0) is 4.74 Å². The number of allylic oxidation sites excluding steroid dienone is 3. The van der Waals surface area contributed by atoms with E-state index >= 15 is 0 Å². The molecule has 0 saturated carbocycles. The number of guanidine groups is 1. The lowest BCUT2D eigenvalue weighted by Crippen LogP contribution is -2.51. The molecular weight excluding hydrogens is 376 g/mol. The first kappa shape index (κ1) is 19.1. The molecule has 0 radical (unpaired) electrons. The molecule has 7 nitrogen and oxygen atoms in total. The van der Waals surface area contributed by atoms with Crippen molar-refractivity contribution in [3.63, 3.8) is 0 Å². The fraction of sp³-hybridized carbons (Fsp3) is 0.435. The van der Waals surface area contributed by atoms with E-state index in [2.05, 4.69) is 65.6 Å². The van der Waals surface area contributed by atoms with E-state index in [9.17, 15) is 0 Å².